The quantitative estimate of drug-likeness (QED) is 0.830. The summed E-state index contributed by atoms with van der Waals surface area (Å²) in [6, 6.07) is 0. The van der Waals surface area contributed by atoms with Gasteiger partial charge in [0.25, 0.3) is 10.0 Å². The van der Waals surface area contributed by atoms with Crippen molar-refractivity contribution < 1.29 is 13.5 Å². The van der Waals surface area contributed by atoms with Gasteiger partial charge in [-0.3, -0.25) is 4.40 Å². The Kier molecular flexibility index (Phi) is 4.29. The SMILES string of the molecule is CCNc1nc2sccn2c1S(=O)(=O)N(C)CC(C)(C)O. The van der Waals surface area contributed by atoms with Crippen LogP contribution in [-0.2, 0) is 10.0 Å². The molecule has 9 heteroatoms. The standard InChI is InChI=1S/C12H20N4O3S2/c1-5-13-9-10(16-6-7-20-11(16)14-9)21(18,19)15(4)8-12(2,3)17/h6-7,13,17H,5,8H2,1-4H3. The van der Waals surface area contributed by atoms with Gasteiger partial charge in [0.2, 0.25) is 0 Å². The van der Waals surface area contributed by atoms with Crippen LogP contribution in [0.2, 0.25) is 0 Å². The van der Waals surface area contributed by atoms with Gasteiger partial charge >= 0.3 is 0 Å². The van der Waals surface area contributed by atoms with E-state index in [4.69, 9.17) is 0 Å². The summed E-state index contributed by atoms with van der Waals surface area (Å²) < 4.78 is 28.3. The van der Waals surface area contributed by atoms with Crippen molar-refractivity contribution in [2.24, 2.45) is 0 Å². The van der Waals surface area contributed by atoms with Gasteiger partial charge in [0.1, 0.15) is 0 Å². The maximum Gasteiger partial charge on any atom is 0.262 e. The van der Waals surface area contributed by atoms with Gasteiger partial charge < -0.3 is 10.4 Å². The minimum atomic E-state index is -3.76. The van der Waals surface area contributed by atoms with Crippen molar-refractivity contribution in [1.29, 1.82) is 0 Å². The molecular formula is C12H20N4O3S2. The third kappa shape index (κ3) is 3.20. The second-order valence-electron chi connectivity index (χ2n) is 5.42. The lowest BCUT2D eigenvalue weighted by atomic mass is 10.1. The first-order valence-electron chi connectivity index (χ1n) is 6.55. The molecule has 0 aliphatic heterocycles. The minimum absolute atomic E-state index is 0.00172. The second kappa shape index (κ2) is 5.56. The van der Waals surface area contributed by atoms with Crippen LogP contribution in [0.1, 0.15) is 20.8 Å². The van der Waals surface area contributed by atoms with Crippen LogP contribution in [0.4, 0.5) is 5.82 Å². The predicted molar refractivity (Wildman–Crippen MR) is 83.3 cm³/mol. The van der Waals surface area contributed by atoms with Gasteiger partial charge in [0, 0.05) is 31.7 Å². The predicted octanol–water partition coefficient (Wildman–Crippen LogP) is 1.22. The van der Waals surface area contributed by atoms with E-state index in [1.54, 1.807) is 29.8 Å². The molecule has 0 radical (unpaired) electrons. The molecule has 0 saturated heterocycles. The van der Waals surface area contributed by atoms with Crippen molar-refractivity contribution >= 4 is 32.1 Å². The summed E-state index contributed by atoms with van der Waals surface area (Å²) in [6.45, 7) is 5.59. The van der Waals surface area contributed by atoms with Crippen LogP contribution in [-0.4, -0.2) is 53.0 Å². The molecule has 0 atom stereocenters. The molecular weight excluding hydrogens is 312 g/mol. The minimum Gasteiger partial charge on any atom is -0.389 e. The number of rotatable bonds is 6. The molecule has 2 heterocycles. The van der Waals surface area contributed by atoms with Gasteiger partial charge in [-0.1, -0.05) is 0 Å². The van der Waals surface area contributed by atoms with Gasteiger partial charge in [0.05, 0.1) is 5.60 Å². The topological polar surface area (TPSA) is 86.9 Å². The summed E-state index contributed by atoms with van der Waals surface area (Å²) in [7, 11) is -2.31. The summed E-state index contributed by atoms with van der Waals surface area (Å²) in [4.78, 5) is 4.92. The van der Waals surface area contributed by atoms with E-state index in [0.717, 1.165) is 4.31 Å². The molecule has 2 N–H and O–H groups in total. The summed E-state index contributed by atoms with van der Waals surface area (Å²) in [5, 5.41) is 14.7. The molecule has 118 valence electrons. The zero-order valence-electron chi connectivity index (χ0n) is 12.5. The Morgan fingerprint density at radius 1 is 1.52 bits per heavy atom. The van der Waals surface area contributed by atoms with Crippen LogP contribution in [0.5, 0.6) is 0 Å². The number of aliphatic hydroxyl groups is 1. The molecule has 0 aromatic carbocycles. The van der Waals surface area contributed by atoms with E-state index in [1.165, 1.54) is 18.4 Å². The lowest BCUT2D eigenvalue weighted by Crippen LogP contribution is -2.40. The number of nitrogens with zero attached hydrogens (tertiary/aromatic N) is 3. The average molecular weight is 332 g/mol. The average Bonchev–Trinajstić information content (AvgIpc) is 2.86. The number of hydrogen-bond acceptors (Lipinski definition) is 6. The molecule has 0 aliphatic carbocycles. The Hall–Kier alpha value is -1.16. The molecule has 0 amide bonds. The molecule has 0 bridgehead atoms. The first-order valence-corrected chi connectivity index (χ1v) is 8.87. The summed E-state index contributed by atoms with van der Waals surface area (Å²) in [5.74, 6) is 0.340. The maximum absolute atomic E-state index is 12.8. The highest BCUT2D eigenvalue weighted by Crippen LogP contribution is 2.28. The Labute approximate surface area is 128 Å². The van der Waals surface area contributed by atoms with Crippen molar-refractivity contribution in [2.75, 3.05) is 25.5 Å². The van der Waals surface area contributed by atoms with E-state index >= 15 is 0 Å². The molecule has 7 nitrogen and oxygen atoms in total. The lowest BCUT2D eigenvalue weighted by Gasteiger charge is -2.25. The van der Waals surface area contributed by atoms with Crippen LogP contribution in [0, 0.1) is 0 Å². The van der Waals surface area contributed by atoms with Gasteiger partial charge in [-0.05, 0) is 20.8 Å². The smallest absolute Gasteiger partial charge is 0.262 e. The highest BCUT2D eigenvalue weighted by Gasteiger charge is 2.32. The van der Waals surface area contributed by atoms with Crippen molar-refractivity contribution in [3.63, 3.8) is 0 Å². The number of likely N-dealkylation sites (N-methyl/N-ethyl adjacent to an activating group) is 1. The molecule has 21 heavy (non-hydrogen) atoms. The molecule has 0 spiro atoms. The number of anilines is 1. The van der Waals surface area contributed by atoms with E-state index in [-0.39, 0.29) is 11.6 Å². The number of sulfonamides is 1. The van der Waals surface area contributed by atoms with Crippen LogP contribution in [0.15, 0.2) is 16.6 Å². The monoisotopic (exact) mass is 332 g/mol. The number of thiazole rings is 1. The van der Waals surface area contributed by atoms with Crippen LogP contribution >= 0.6 is 11.3 Å². The van der Waals surface area contributed by atoms with Crippen molar-refractivity contribution in [3.05, 3.63) is 11.6 Å². The highest BCUT2D eigenvalue weighted by atomic mass is 32.2. The molecule has 0 unspecified atom stereocenters. The number of fused-ring (bicyclic) bond motifs is 1. The summed E-state index contributed by atoms with van der Waals surface area (Å²) >= 11 is 1.37. The molecule has 0 fully saturated rings. The van der Waals surface area contributed by atoms with Gasteiger partial charge in [-0.25, -0.2) is 13.4 Å². The van der Waals surface area contributed by atoms with E-state index < -0.39 is 15.6 Å². The molecule has 0 saturated carbocycles. The van der Waals surface area contributed by atoms with Crippen molar-refractivity contribution in [3.8, 4) is 0 Å². The normalized spacial score (nSPS) is 13.2. The number of imidazole rings is 1. The van der Waals surface area contributed by atoms with Crippen molar-refractivity contribution in [1.82, 2.24) is 13.7 Å². The zero-order chi connectivity index (χ0) is 15.8. The third-order valence-corrected chi connectivity index (χ3v) is 5.41. The number of hydrogen-bond donors (Lipinski definition) is 2. The first kappa shape index (κ1) is 16.2. The Morgan fingerprint density at radius 3 is 2.76 bits per heavy atom. The van der Waals surface area contributed by atoms with E-state index in [9.17, 15) is 13.5 Å². The summed E-state index contributed by atoms with van der Waals surface area (Å²) in [6.07, 6.45) is 1.68. The largest absolute Gasteiger partial charge is 0.389 e. The zero-order valence-corrected chi connectivity index (χ0v) is 14.1. The number of nitrogens with one attached hydrogen (secondary N) is 1. The fourth-order valence-corrected chi connectivity index (χ4v) is 4.38. The lowest BCUT2D eigenvalue weighted by molar-refractivity contribution is 0.0639. The van der Waals surface area contributed by atoms with Gasteiger partial charge in [0.15, 0.2) is 15.8 Å². The van der Waals surface area contributed by atoms with E-state index in [2.05, 4.69) is 10.3 Å². The Morgan fingerprint density at radius 2 is 2.19 bits per heavy atom. The number of aromatic nitrogens is 2. The third-order valence-electron chi connectivity index (χ3n) is 2.83. The second-order valence-corrected chi connectivity index (χ2v) is 8.26. The molecule has 2 rings (SSSR count). The highest BCUT2D eigenvalue weighted by molar-refractivity contribution is 7.89. The van der Waals surface area contributed by atoms with Crippen LogP contribution in [0.3, 0.4) is 0 Å². The fraction of sp³-hybridized carbons (Fsp3) is 0.583. The Bertz CT molecular complexity index is 727. The van der Waals surface area contributed by atoms with E-state index in [0.29, 0.717) is 17.3 Å². The first-order chi connectivity index (χ1) is 9.66. The molecule has 0 aliphatic rings. The van der Waals surface area contributed by atoms with Gasteiger partial charge in [-0.2, -0.15) is 4.31 Å². The maximum atomic E-state index is 12.8. The molecule has 2 aromatic heterocycles. The van der Waals surface area contributed by atoms with Gasteiger partial charge in [-0.15, -0.1) is 11.3 Å². The Balaban J connectivity index is 2.52. The van der Waals surface area contributed by atoms with E-state index in [1.807, 2.05) is 6.92 Å². The van der Waals surface area contributed by atoms with Crippen LogP contribution in [0.25, 0.3) is 4.96 Å². The van der Waals surface area contributed by atoms with Crippen molar-refractivity contribution in [2.45, 2.75) is 31.4 Å². The molecule has 2 aromatic rings. The fourth-order valence-electron chi connectivity index (χ4n) is 2.07. The van der Waals surface area contributed by atoms with Crippen LogP contribution < -0.4 is 5.32 Å². The summed E-state index contributed by atoms with van der Waals surface area (Å²) in [5.41, 5.74) is -1.11.